The average molecular weight is 381 g/mol. The quantitative estimate of drug-likeness (QED) is 0.510. The summed E-state index contributed by atoms with van der Waals surface area (Å²) >= 11 is 7.82. The molecule has 0 atom stereocenters. The Morgan fingerprint density at radius 3 is 2.86 bits per heavy atom. The largest absolute Gasteiger partial charge is 0.139 e. The first-order valence-electron chi connectivity index (χ1n) is 4.52. The van der Waals surface area contributed by atoms with E-state index in [1.807, 2.05) is 11.3 Å². The van der Waals surface area contributed by atoms with Crippen LogP contribution in [0.1, 0.15) is 17.4 Å². The van der Waals surface area contributed by atoms with Crippen LogP contribution in [-0.4, -0.2) is 0 Å². The van der Waals surface area contributed by atoms with Crippen molar-refractivity contribution >= 4 is 59.9 Å². The fourth-order valence-corrected chi connectivity index (χ4v) is 3.92. The maximum absolute atomic E-state index is 3.51. The molecule has 0 aliphatic heterocycles. The number of rotatable bonds is 2. The van der Waals surface area contributed by atoms with Crippen molar-refractivity contribution < 1.29 is 0 Å². The minimum atomic E-state index is 0.964. The lowest BCUT2D eigenvalue weighted by atomic mass is 10.1. The van der Waals surface area contributed by atoms with Crippen LogP contribution < -0.4 is 0 Å². The summed E-state index contributed by atoms with van der Waals surface area (Å²) in [5.41, 5.74) is 1.49. The van der Waals surface area contributed by atoms with Crippen molar-refractivity contribution in [1.82, 2.24) is 0 Å². The van der Waals surface area contributed by atoms with Crippen molar-refractivity contribution in [3.63, 3.8) is 0 Å². The summed E-state index contributed by atoms with van der Waals surface area (Å²) in [6.45, 7) is 2.22. The van der Waals surface area contributed by atoms with Crippen LogP contribution in [0.3, 0.4) is 0 Å². The maximum Gasteiger partial charge on any atom is 0.0377 e. The molecule has 0 unspecified atom stereocenters. The Kier molecular flexibility index (Phi) is 3.50. The van der Waals surface area contributed by atoms with Gasteiger partial charge in [0.15, 0.2) is 0 Å². The van der Waals surface area contributed by atoms with Crippen molar-refractivity contribution in [3.8, 4) is 0 Å². The fourth-order valence-electron chi connectivity index (χ4n) is 1.62. The van der Waals surface area contributed by atoms with Gasteiger partial charge in [-0.25, -0.2) is 0 Å². The van der Waals surface area contributed by atoms with E-state index in [-0.39, 0.29) is 0 Å². The minimum absolute atomic E-state index is 0.964. The summed E-state index contributed by atoms with van der Waals surface area (Å²) in [6.07, 6.45) is 1.12. The van der Waals surface area contributed by atoms with Gasteiger partial charge in [-0.1, -0.05) is 22.9 Å². The molecule has 0 aliphatic carbocycles. The molecule has 0 nitrogen and oxygen atoms in total. The highest BCUT2D eigenvalue weighted by atomic mass is 127. The number of hydrogen-bond donors (Lipinski definition) is 0. The van der Waals surface area contributed by atoms with E-state index in [1.54, 1.807) is 0 Å². The Hall–Kier alpha value is 0.390. The zero-order chi connectivity index (χ0) is 10.1. The smallest absolute Gasteiger partial charge is 0.0377 e. The standard InChI is InChI=1S/C11H10BrIS/c1-2-8-9-5-7(6-12)14-11(9)4-3-10(8)13/h3-5H,2,6H2,1H3. The van der Waals surface area contributed by atoms with Gasteiger partial charge in [0.25, 0.3) is 0 Å². The van der Waals surface area contributed by atoms with E-state index in [2.05, 4.69) is 63.6 Å². The normalized spacial score (nSPS) is 11.1. The molecule has 0 amide bonds. The van der Waals surface area contributed by atoms with Crippen molar-refractivity contribution in [3.05, 3.63) is 32.2 Å². The number of thiophene rings is 1. The van der Waals surface area contributed by atoms with E-state index >= 15 is 0 Å². The number of alkyl halides is 1. The van der Waals surface area contributed by atoms with Crippen molar-refractivity contribution in [2.45, 2.75) is 18.7 Å². The second-order valence-corrected chi connectivity index (χ2v) is 6.03. The Morgan fingerprint density at radius 1 is 1.43 bits per heavy atom. The number of hydrogen-bond acceptors (Lipinski definition) is 1. The van der Waals surface area contributed by atoms with Crippen LogP contribution in [-0.2, 0) is 11.8 Å². The highest BCUT2D eigenvalue weighted by Gasteiger charge is 2.07. The Balaban J connectivity index is 2.73. The summed E-state index contributed by atoms with van der Waals surface area (Å²) in [7, 11) is 0. The molecule has 0 saturated carbocycles. The zero-order valence-electron chi connectivity index (χ0n) is 7.81. The summed E-state index contributed by atoms with van der Waals surface area (Å²) < 4.78 is 2.80. The van der Waals surface area contributed by atoms with Gasteiger partial charge in [0.2, 0.25) is 0 Å². The molecule has 0 N–H and O–H groups in total. The predicted octanol–water partition coefficient (Wildman–Crippen LogP) is 4.96. The van der Waals surface area contributed by atoms with Gasteiger partial charge in [0, 0.05) is 18.5 Å². The van der Waals surface area contributed by atoms with Gasteiger partial charge < -0.3 is 0 Å². The molecule has 74 valence electrons. The Labute approximate surface area is 110 Å². The number of fused-ring (bicyclic) bond motifs is 1. The van der Waals surface area contributed by atoms with Gasteiger partial charge >= 0.3 is 0 Å². The molecule has 0 aliphatic rings. The lowest BCUT2D eigenvalue weighted by molar-refractivity contribution is 1.15. The molecule has 3 heteroatoms. The van der Waals surface area contributed by atoms with Crippen LogP contribution in [0.25, 0.3) is 10.1 Å². The van der Waals surface area contributed by atoms with E-state index < -0.39 is 0 Å². The van der Waals surface area contributed by atoms with Crippen molar-refractivity contribution in [2.75, 3.05) is 0 Å². The van der Waals surface area contributed by atoms with Crippen LogP contribution in [0.5, 0.6) is 0 Å². The van der Waals surface area contributed by atoms with Gasteiger partial charge in [-0.05, 0) is 58.2 Å². The molecule has 1 aromatic carbocycles. The molecule has 2 rings (SSSR count). The second-order valence-electron chi connectivity index (χ2n) is 3.14. The van der Waals surface area contributed by atoms with E-state index in [9.17, 15) is 0 Å². The van der Waals surface area contributed by atoms with Crippen LogP contribution in [0.2, 0.25) is 0 Å². The second kappa shape index (κ2) is 4.49. The lowest BCUT2D eigenvalue weighted by Crippen LogP contribution is -1.85. The van der Waals surface area contributed by atoms with E-state index in [4.69, 9.17) is 0 Å². The Morgan fingerprint density at radius 2 is 2.21 bits per heavy atom. The van der Waals surface area contributed by atoms with Gasteiger partial charge in [-0.2, -0.15) is 0 Å². The number of halogens is 2. The third kappa shape index (κ3) is 1.86. The fraction of sp³-hybridized carbons (Fsp3) is 0.273. The van der Waals surface area contributed by atoms with E-state index in [0.717, 1.165) is 11.8 Å². The summed E-state index contributed by atoms with van der Waals surface area (Å²) in [5, 5.41) is 2.41. The van der Waals surface area contributed by atoms with Crippen molar-refractivity contribution in [2.24, 2.45) is 0 Å². The molecule has 14 heavy (non-hydrogen) atoms. The molecule has 0 saturated heterocycles. The lowest BCUT2D eigenvalue weighted by Gasteiger charge is -2.02. The third-order valence-electron chi connectivity index (χ3n) is 2.29. The number of benzene rings is 1. The average Bonchev–Trinajstić information content (AvgIpc) is 2.60. The Bertz CT molecular complexity index is 462. The van der Waals surface area contributed by atoms with Gasteiger partial charge in [0.05, 0.1) is 0 Å². The molecule has 2 aromatic rings. The van der Waals surface area contributed by atoms with Gasteiger partial charge in [-0.3, -0.25) is 0 Å². The monoisotopic (exact) mass is 380 g/mol. The molecule has 0 radical (unpaired) electrons. The van der Waals surface area contributed by atoms with Gasteiger partial charge in [0.1, 0.15) is 0 Å². The van der Waals surface area contributed by atoms with Crippen LogP contribution in [0, 0.1) is 3.57 Å². The number of aryl methyl sites for hydroxylation is 1. The highest BCUT2D eigenvalue weighted by molar-refractivity contribution is 14.1. The molecule has 0 bridgehead atoms. The van der Waals surface area contributed by atoms with Crippen LogP contribution >= 0.6 is 49.9 Å². The molecule has 1 aromatic heterocycles. The molecular formula is C11H10BrIS. The summed E-state index contributed by atoms with van der Waals surface area (Å²) in [6, 6.07) is 6.76. The minimum Gasteiger partial charge on any atom is -0.139 e. The first-order valence-corrected chi connectivity index (χ1v) is 7.53. The molecule has 0 spiro atoms. The van der Waals surface area contributed by atoms with Crippen LogP contribution in [0.4, 0.5) is 0 Å². The van der Waals surface area contributed by atoms with E-state index in [0.29, 0.717) is 0 Å². The summed E-state index contributed by atoms with van der Waals surface area (Å²) in [5.74, 6) is 0. The highest BCUT2D eigenvalue weighted by Crippen LogP contribution is 2.32. The van der Waals surface area contributed by atoms with Crippen molar-refractivity contribution in [1.29, 1.82) is 0 Å². The summed E-state index contributed by atoms with van der Waals surface area (Å²) in [4.78, 5) is 1.41. The molecular weight excluding hydrogens is 371 g/mol. The first-order chi connectivity index (χ1) is 6.76. The topological polar surface area (TPSA) is 0 Å². The maximum atomic E-state index is 3.51. The van der Waals surface area contributed by atoms with Crippen LogP contribution in [0.15, 0.2) is 18.2 Å². The third-order valence-corrected chi connectivity index (χ3v) is 5.38. The predicted molar refractivity (Wildman–Crippen MR) is 76.6 cm³/mol. The van der Waals surface area contributed by atoms with E-state index in [1.165, 1.54) is 24.1 Å². The van der Waals surface area contributed by atoms with Gasteiger partial charge in [-0.15, -0.1) is 11.3 Å². The molecule has 0 fully saturated rings. The SMILES string of the molecule is CCc1c(I)ccc2sc(CBr)cc12. The molecule has 1 heterocycles. The first kappa shape index (κ1) is 10.9. The zero-order valence-corrected chi connectivity index (χ0v) is 12.4.